The number of sulfone groups is 1. The molecule has 0 bridgehead atoms. The lowest BCUT2D eigenvalue weighted by Crippen LogP contribution is -2.17. The van der Waals surface area contributed by atoms with Crippen LogP contribution in [0, 0.1) is 6.92 Å². The highest BCUT2D eigenvalue weighted by Gasteiger charge is 2.27. The summed E-state index contributed by atoms with van der Waals surface area (Å²) < 4.78 is 26.5. The minimum absolute atomic E-state index is 0.0842. The van der Waals surface area contributed by atoms with E-state index >= 15 is 0 Å². The Labute approximate surface area is 190 Å². The Morgan fingerprint density at radius 1 is 1.17 bits per heavy atom. The van der Waals surface area contributed by atoms with E-state index in [9.17, 15) is 8.42 Å². The van der Waals surface area contributed by atoms with Crippen molar-refractivity contribution in [1.29, 1.82) is 0 Å². The van der Waals surface area contributed by atoms with Crippen molar-refractivity contribution in [1.82, 2.24) is 19.7 Å². The van der Waals surface area contributed by atoms with Gasteiger partial charge >= 0.3 is 0 Å². The van der Waals surface area contributed by atoms with Crippen molar-refractivity contribution in [3.05, 3.63) is 33.0 Å². The highest BCUT2D eigenvalue weighted by molar-refractivity contribution is 7.90. The molecule has 0 aliphatic rings. The summed E-state index contributed by atoms with van der Waals surface area (Å²) in [6.07, 6.45) is 4.10. The van der Waals surface area contributed by atoms with Crippen molar-refractivity contribution in [3.8, 4) is 5.69 Å². The number of anilines is 1. The van der Waals surface area contributed by atoms with Gasteiger partial charge in [-0.25, -0.2) is 23.1 Å². The highest BCUT2D eigenvalue weighted by atomic mass is 35.5. The number of aromatic nitrogens is 4. The van der Waals surface area contributed by atoms with Gasteiger partial charge in [0.15, 0.2) is 20.5 Å². The van der Waals surface area contributed by atoms with E-state index in [2.05, 4.69) is 27.3 Å². The lowest BCUT2D eigenvalue weighted by molar-refractivity contribution is 0.597. The van der Waals surface area contributed by atoms with Crippen molar-refractivity contribution in [2.45, 2.75) is 51.1 Å². The van der Waals surface area contributed by atoms with Gasteiger partial charge in [-0.2, -0.15) is 5.10 Å². The zero-order valence-corrected chi connectivity index (χ0v) is 20.1. The second-order valence-electron chi connectivity index (χ2n) is 7.21. The Hall–Kier alpha value is -1.61. The number of halogens is 3. The average Bonchev–Trinajstić information content (AvgIpc) is 2.99. The first-order valence-electron chi connectivity index (χ1n) is 9.41. The van der Waals surface area contributed by atoms with E-state index in [0.717, 1.165) is 25.5 Å². The summed E-state index contributed by atoms with van der Waals surface area (Å²) in [5, 5.41) is 8.59. The van der Waals surface area contributed by atoms with Crippen molar-refractivity contribution in [2.75, 3.05) is 11.6 Å². The molecule has 0 amide bonds. The minimum Gasteiger partial charge on any atom is -0.367 e. The van der Waals surface area contributed by atoms with E-state index in [1.54, 1.807) is 6.92 Å². The molecule has 0 saturated carbocycles. The van der Waals surface area contributed by atoms with Gasteiger partial charge in [0, 0.05) is 17.3 Å². The summed E-state index contributed by atoms with van der Waals surface area (Å²) in [4.78, 5) is 8.92. The molecule has 1 atom stereocenters. The predicted octanol–water partition coefficient (Wildman–Crippen LogP) is 5.48. The van der Waals surface area contributed by atoms with Crippen LogP contribution < -0.4 is 5.32 Å². The van der Waals surface area contributed by atoms with Crippen LogP contribution >= 0.6 is 34.8 Å². The summed E-state index contributed by atoms with van der Waals surface area (Å²) in [6, 6.07) is 3.11. The van der Waals surface area contributed by atoms with Gasteiger partial charge < -0.3 is 5.32 Å². The smallest absolute Gasteiger partial charge is 0.195 e. The Bertz CT molecular complexity index is 1190. The molecule has 0 aliphatic heterocycles. The van der Waals surface area contributed by atoms with Gasteiger partial charge in [-0.1, -0.05) is 54.6 Å². The topological polar surface area (TPSA) is 89.8 Å². The van der Waals surface area contributed by atoms with Crippen molar-refractivity contribution in [2.24, 2.45) is 0 Å². The molecule has 3 aromatic rings. The predicted molar refractivity (Wildman–Crippen MR) is 122 cm³/mol. The van der Waals surface area contributed by atoms with E-state index in [1.807, 2.05) is 6.92 Å². The third-order valence-electron chi connectivity index (χ3n) is 4.53. The van der Waals surface area contributed by atoms with Gasteiger partial charge in [-0.15, -0.1) is 0 Å². The van der Waals surface area contributed by atoms with Crippen molar-refractivity contribution < 1.29 is 8.42 Å². The summed E-state index contributed by atoms with van der Waals surface area (Å²) in [6.45, 7) is 5.87. The van der Waals surface area contributed by atoms with Gasteiger partial charge in [-0.3, -0.25) is 0 Å². The Balaban J connectivity index is 2.32. The maximum absolute atomic E-state index is 12.6. The first kappa shape index (κ1) is 23.1. The molecule has 1 N–H and O–H groups in total. The summed E-state index contributed by atoms with van der Waals surface area (Å²) in [5.74, 6) is 0.865. The van der Waals surface area contributed by atoms with E-state index in [-0.39, 0.29) is 21.1 Å². The number of fused-ring (bicyclic) bond motifs is 1. The van der Waals surface area contributed by atoms with E-state index < -0.39 is 9.84 Å². The fourth-order valence-electron chi connectivity index (χ4n) is 3.17. The fraction of sp³-hybridized carbons (Fsp3) is 0.421. The lowest BCUT2D eigenvalue weighted by atomic mass is 10.1. The normalized spacial score (nSPS) is 13.0. The minimum atomic E-state index is -3.70. The van der Waals surface area contributed by atoms with Crippen LogP contribution in [-0.4, -0.2) is 40.5 Å². The standard InChI is InChI=1S/C19H22Cl3N5O2S/c1-5-6-7-10(2)23-17-15-18(25-11(3)24-17)27(26-19(15)30(4,28)29)16-13(21)8-12(20)9-14(16)22/h8-10H,5-7H2,1-4H3,(H,23,24,25). The molecular formula is C19H22Cl3N5O2S. The second-order valence-corrected chi connectivity index (χ2v) is 10.4. The maximum atomic E-state index is 12.6. The maximum Gasteiger partial charge on any atom is 0.195 e. The molecule has 0 radical (unpaired) electrons. The number of hydrogen-bond acceptors (Lipinski definition) is 6. The molecule has 0 spiro atoms. The lowest BCUT2D eigenvalue weighted by Gasteiger charge is -2.15. The molecule has 162 valence electrons. The van der Waals surface area contributed by atoms with Crippen LogP contribution in [0.3, 0.4) is 0 Å². The SMILES string of the molecule is CCCCC(C)Nc1nc(C)nc2c1c(S(C)(=O)=O)nn2-c1c(Cl)cc(Cl)cc1Cl. The van der Waals surface area contributed by atoms with Crippen molar-refractivity contribution >= 4 is 61.5 Å². The first-order chi connectivity index (χ1) is 14.0. The number of nitrogens with one attached hydrogen (secondary N) is 1. The number of unbranched alkanes of at least 4 members (excludes halogenated alkanes) is 1. The molecule has 0 fully saturated rings. The highest BCUT2D eigenvalue weighted by Crippen LogP contribution is 2.36. The van der Waals surface area contributed by atoms with Gasteiger partial charge in [0.05, 0.1) is 10.0 Å². The molecule has 3 rings (SSSR count). The van der Waals surface area contributed by atoms with Crippen LogP contribution in [0.15, 0.2) is 17.2 Å². The van der Waals surface area contributed by atoms with Crippen LogP contribution in [0.5, 0.6) is 0 Å². The Kier molecular flexibility index (Phi) is 6.81. The number of hydrogen-bond donors (Lipinski definition) is 1. The Morgan fingerprint density at radius 2 is 1.80 bits per heavy atom. The molecule has 30 heavy (non-hydrogen) atoms. The van der Waals surface area contributed by atoms with E-state index in [1.165, 1.54) is 16.8 Å². The molecule has 7 nitrogen and oxygen atoms in total. The monoisotopic (exact) mass is 489 g/mol. The number of benzene rings is 1. The number of rotatable bonds is 7. The van der Waals surface area contributed by atoms with Crippen LogP contribution in [0.2, 0.25) is 15.1 Å². The van der Waals surface area contributed by atoms with Crippen LogP contribution in [0.1, 0.15) is 38.9 Å². The molecule has 0 aliphatic carbocycles. The van der Waals surface area contributed by atoms with Gasteiger partial charge in [0.1, 0.15) is 22.7 Å². The van der Waals surface area contributed by atoms with Gasteiger partial charge in [-0.05, 0) is 32.4 Å². The molecule has 2 heterocycles. The van der Waals surface area contributed by atoms with Gasteiger partial charge in [0.25, 0.3) is 0 Å². The molecular weight excluding hydrogens is 469 g/mol. The summed E-state index contributed by atoms with van der Waals surface area (Å²) in [5.41, 5.74) is 0.588. The van der Waals surface area contributed by atoms with Crippen molar-refractivity contribution in [3.63, 3.8) is 0 Å². The first-order valence-corrected chi connectivity index (χ1v) is 12.4. The number of aryl methyl sites for hydroxylation is 1. The zero-order chi connectivity index (χ0) is 22.2. The summed E-state index contributed by atoms with van der Waals surface area (Å²) in [7, 11) is -3.70. The number of nitrogens with zero attached hydrogens (tertiary/aromatic N) is 4. The van der Waals surface area contributed by atoms with E-state index in [0.29, 0.717) is 33.4 Å². The average molecular weight is 491 g/mol. The molecule has 1 aromatic carbocycles. The fourth-order valence-corrected chi connectivity index (χ4v) is 4.93. The third-order valence-corrected chi connectivity index (χ3v) is 6.31. The van der Waals surface area contributed by atoms with Crippen LogP contribution in [-0.2, 0) is 9.84 Å². The van der Waals surface area contributed by atoms with Crippen LogP contribution in [0.25, 0.3) is 16.7 Å². The Morgan fingerprint density at radius 3 is 2.37 bits per heavy atom. The molecule has 11 heteroatoms. The molecule has 0 saturated heterocycles. The molecule has 2 aromatic heterocycles. The quantitative estimate of drug-likeness (QED) is 0.472. The third kappa shape index (κ3) is 4.66. The zero-order valence-electron chi connectivity index (χ0n) is 17.0. The van der Waals surface area contributed by atoms with Crippen LogP contribution in [0.4, 0.5) is 5.82 Å². The largest absolute Gasteiger partial charge is 0.367 e. The van der Waals surface area contributed by atoms with Gasteiger partial charge in [0.2, 0.25) is 0 Å². The second kappa shape index (κ2) is 8.86. The summed E-state index contributed by atoms with van der Waals surface area (Å²) >= 11 is 18.8. The molecule has 1 unspecified atom stereocenters. The van der Waals surface area contributed by atoms with E-state index in [4.69, 9.17) is 34.8 Å².